The van der Waals surface area contributed by atoms with Crippen molar-refractivity contribution in [3.63, 3.8) is 0 Å². The predicted octanol–water partition coefficient (Wildman–Crippen LogP) is 0.230. The first-order valence-electron chi connectivity index (χ1n) is 6.72. The molecule has 0 unspecified atom stereocenters. The van der Waals surface area contributed by atoms with Crippen molar-refractivity contribution in [2.24, 2.45) is 0 Å². The van der Waals surface area contributed by atoms with Crippen LogP contribution in [-0.2, 0) is 33.3 Å². The highest BCUT2D eigenvalue weighted by molar-refractivity contribution is 5.78. The van der Waals surface area contributed by atoms with Crippen LogP contribution in [0.3, 0.4) is 0 Å². The van der Waals surface area contributed by atoms with Gasteiger partial charge in [0.1, 0.15) is 12.7 Å². The van der Waals surface area contributed by atoms with E-state index < -0.39 is 42.0 Å². The van der Waals surface area contributed by atoms with Crippen molar-refractivity contribution in [1.29, 1.82) is 0 Å². The van der Waals surface area contributed by atoms with Gasteiger partial charge in [0.15, 0.2) is 18.0 Å². The van der Waals surface area contributed by atoms with Crippen LogP contribution in [0.15, 0.2) is 0 Å². The smallest absolute Gasteiger partial charge is 0.338 e. The molecule has 0 aromatic carbocycles. The summed E-state index contributed by atoms with van der Waals surface area (Å²) in [7, 11) is 0. The molecule has 21 heavy (non-hydrogen) atoms. The molecule has 2 heterocycles. The van der Waals surface area contributed by atoms with Crippen molar-refractivity contribution in [1.82, 2.24) is 0 Å². The van der Waals surface area contributed by atoms with E-state index in [2.05, 4.69) is 0 Å². The Balaban J connectivity index is 1.77. The third kappa shape index (κ3) is 3.92. The van der Waals surface area contributed by atoms with Crippen molar-refractivity contribution >= 4 is 17.9 Å². The molecule has 1 N–H and O–H groups in total. The quantitative estimate of drug-likeness (QED) is 0.695. The second kappa shape index (κ2) is 5.98. The van der Waals surface area contributed by atoms with Gasteiger partial charge in [-0.3, -0.25) is 9.59 Å². The van der Waals surface area contributed by atoms with Crippen LogP contribution in [0.2, 0.25) is 0 Å². The number of fused-ring (bicyclic) bond motifs is 1. The Kier molecular flexibility index (Phi) is 4.48. The minimum Gasteiger partial charge on any atom is -0.481 e. The fraction of sp³-hybridized carbons (Fsp3) is 0.769. The van der Waals surface area contributed by atoms with Gasteiger partial charge in [0.05, 0.1) is 0 Å². The summed E-state index contributed by atoms with van der Waals surface area (Å²) in [6, 6.07) is 0. The van der Waals surface area contributed by atoms with Gasteiger partial charge in [0, 0.05) is 12.8 Å². The number of cyclic esters (lactones) is 1. The molecule has 2 fully saturated rings. The second-order valence-electron chi connectivity index (χ2n) is 5.43. The molecule has 0 aromatic heterocycles. The summed E-state index contributed by atoms with van der Waals surface area (Å²) in [5.74, 6) is -2.90. The zero-order valence-corrected chi connectivity index (χ0v) is 11.9. The lowest BCUT2D eigenvalue weighted by atomic mass is 10.1. The van der Waals surface area contributed by atoms with Crippen molar-refractivity contribution in [3.8, 4) is 0 Å². The standard InChI is InChI=1S/C13H18O8/c1-13(2)20-10-7(19-12(17)11(10)21-13)6-18-9(16)5-3-4-8(14)15/h7,10-11H,3-6H2,1-2H3,(H,14,15)/t7-,10-,11-/m1/s1. The minimum atomic E-state index is -0.964. The fourth-order valence-corrected chi connectivity index (χ4v) is 2.29. The third-order valence-corrected chi connectivity index (χ3v) is 3.18. The summed E-state index contributed by atoms with van der Waals surface area (Å²) in [6.45, 7) is 3.25. The maximum absolute atomic E-state index is 11.6. The summed E-state index contributed by atoms with van der Waals surface area (Å²) in [6.07, 6.45) is -1.98. The first-order valence-corrected chi connectivity index (χ1v) is 6.72. The minimum absolute atomic E-state index is 0.00388. The molecular formula is C13H18O8. The molecule has 0 spiro atoms. The molecule has 2 aliphatic heterocycles. The number of esters is 2. The summed E-state index contributed by atoms with van der Waals surface area (Å²) in [4.78, 5) is 33.4. The molecule has 0 radical (unpaired) electrons. The molecule has 2 rings (SSSR count). The number of carboxylic acid groups (broad SMARTS) is 1. The van der Waals surface area contributed by atoms with Crippen LogP contribution >= 0.6 is 0 Å². The summed E-state index contributed by atoms with van der Waals surface area (Å²) in [5.41, 5.74) is 0. The Morgan fingerprint density at radius 3 is 2.67 bits per heavy atom. The number of ether oxygens (including phenoxy) is 4. The van der Waals surface area contributed by atoms with Gasteiger partial charge in [0.25, 0.3) is 0 Å². The molecule has 0 aliphatic carbocycles. The molecule has 118 valence electrons. The first kappa shape index (κ1) is 15.7. The average Bonchev–Trinajstić information content (AvgIpc) is 2.82. The molecule has 8 nitrogen and oxygen atoms in total. The Morgan fingerprint density at radius 1 is 1.29 bits per heavy atom. The van der Waals surface area contributed by atoms with Gasteiger partial charge in [0.2, 0.25) is 0 Å². The van der Waals surface area contributed by atoms with Crippen LogP contribution in [0.4, 0.5) is 0 Å². The zero-order valence-electron chi connectivity index (χ0n) is 11.9. The van der Waals surface area contributed by atoms with E-state index in [4.69, 9.17) is 24.1 Å². The fourth-order valence-electron chi connectivity index (χ4n) is 2.29. The number of carbonyl (C=O) groups excluding carboxylic acids is 2. The monoisotopic (exact) mass is 302 g/mol. The number of aliphatic carboxylic acids is 1. The van der Waals surface area contributed by atoms with Gasteiger partial charge in [-0.1, -0.05) is 0 Å². The normalized spacial score (nSPS) is 29.8. The summed E-state index contributed by atoms with van der Waals surface area (Å²) < 4.78 is 21.0. The summed E-state index contributed by atoms with van der Waals surface area (Å²) in [5, 5.41) is 8.47. The Morgan fingerprint density at radius 2 is 2.00 bits per heavy atom. The Bertz CT molecular complexity index is 443. The lowest BCUT2D eigenvalue weighted by Gasteiger charge is -2.21. The van der Waals surface area contributed by atoms with Crippen LogP contribution in [-0.4, -0.2) is 53.7 Å². The van der Waals surface area contributed by atoms with Gasteiger partial charge in [-0.25, -0.2) is 4.79 Å². The number of carboxylic acids is 1. The largest absolute Gasteiger partial charge is 0.481 e. The van der Waals surface area contributed by atoms with E-state index in [0.29, 0.717) is 0 Å². The summed E-state index contributed by atoms with van der Waals surface area (Å²) >= 11 is 0. The van der Waals surface area contributed by atoms with Gasteiger partial charge < -0.3 is 24.1 Å². The highest BCUT2D eigenvalue weighted by Crippen LogP contribution is 2.36. The van der Waals surface area contributed by atoms with E-state index in [9.17, 15) is 14.4 Å². The molecule has 2 saturated heterocycles. The molecule has 3 atom stereocenters. The molecule has 0 saturated carbocycles. The van der Waals surface area contributed by atoms with E-state index in [-0.39, 0.29) is 25.9 Å². The van der Waals surface area contributed by atoms with Gasteiger partial charge in [-0.2, -0.15) is 0 Å². The Hall–Kier alpha value is -1.67. The van der Waals surface area contributed by atoms with Gasteiger partial charge in [-0.15, -0.1) is 0 Å². The van der Waals surface area contributed by atoms with Crippen LogP contribution in [0, 0.1) is 0 Å². The third-order valence-electron chi connectivity index (χ3n) is 3.18. The number of hydrogen-bond donors (Lipinski definition) is 1. The van der Waals surface area contributed by atoms with Crippen molar-refractivity contribution in [3.05, 3.63) is 0 Å². The SMILES string of the molecule is CC1(C)O[C@@H]2[C@@H](COC(=O)CCCC(=O)O)OC(=O)[C@@H]2O1. The number of rotatable bonds is 6. The van der Waals surface area contributed by atoms with Crippen LogP contribution < -0.4 is 0 Å². The maximum atomic E-state index is 11.6. The van der Waals surface area contributed by atoms with Crippen molar-refractivity contribution in [2.45, 2.75) is 57.2 Å². The molecule has 0 bridgehead atoms. The highest BCUT2D eigenvalue weighted by atomic mass is 16.8. The molecular weight excluding hydrogens is 284 g/mol. The number of hydrogen-bond acceptors (Lipinski definition) is 7. The van der Waals surface area contributed by atoms with Crippen molar-refractivity contribution in [2.75, 3.05) is 6.61 Å². The van der Waals surface area contributed by atoms with Crippen LogP contribution in [0.1, 0.15) is 33.1 Å². The molecule has 0 aromatic rings. The average molecular weight is 302 g/mol. The molecule has 0 amide bonds. The van der Waals surface area contributed by atoms with E-state index in [1.54, 1.807) is 13.8 Å². The molecule has 8 heteroatoms. The first-order chi connectivity index (χ1) is 9.78. The van der Waals surface area contributed by atoms with E-state index in [1.807, 2.05) is 0 Å². The Labute approximate surface area is 121 Å². The van der Waals surface area contributed by atoms with E-state index in [1.165, 1.54) is 0 Å². The predicted molar refractivity (Wildman–Crippen MR) is 66.2 cm³/mol. The highest BCUT2D eigenvalue weighted by Gasteiger charge is 2.56. The van der Waals surface area contributed by atoms with Crippen LogP contribution in [0.25, 0.3) is 0 Å². The lowest BCUT2D eigenvalue weighted by Crippen LogP contribution is -2.33. The zero-order chi connectivity index (χ0) is 15.6. The van der Waals surface area contributed by atoms with Crippen LogP contribution in [0.5, 0.6) is 0 Å². The second-order valence-corrected chi connectivity index (χ2v) is 5.43. The maximum Gasteiger partial charge on any atom is 0.338 e. The topological polar surface area (TPSA) is 108 Å². The molecule has 2 aliphatic rings. The lowest BCUT2D eigenvalue weighted by molar-refractivity contribution is -0.191. The number of carbonyl (C=O) groups is 3. The van der Waals surface area contributed by atoms with Gasteiger partial charge in [-0.05, 0) is 20.3 Å². The van der Waals surface area contributed by atoms with E-state index in [0.717, 1.165) is 0 Å². The van der Waals surface area contributed by atoms with E-state index >= 15 is 0 Å². The van der Waals surface area contributed by atoms with Crippen molar-refractivity contribution < 1.29 is 38.4 Å². The van der Waals surface area contributed by atoms with Gasteiger partial charge >= 0.3 is 17.9 Å².